The summed E-state index contributed by atoms with van der Waals surface area (Å²) in [6, 6.07) is 12.9. The van der Waals surface area contributed by atoms with E-state index in [1.54, 1.807) is 18.2 Å². The standard InChI is InChI=1S/C18H21NO5/c19-14-5-6-17-18(13-14)24-10-8-20-7-9-21-15-3-1-2-4-16(15)22-11-12-23-17/h1-6,13H,7-12,19H2. The normalized spacial score (nSPS) is 15.8. The molecule has 0 atom stereocenters. The third-order valence-corrected chi connectivity index (χ3v) is 3.39. The minimum Gasteiger partial charge on any atom is -0.487 e. The number of hydrogen-bond acceptors (Lipinski definition) is 6. The van der Waals surface area contributed by atoms with E-state index in [9.17, 15) is 0 Å². The van der Waals surface area contributed by atoms with Crippen molar-refractivity contribution in [3.63, 3.8) is 0 Å². The summed E-state index contributed by atoms with van der Waals surface area (Å²) < 4.78 is 28.4. The summed E-state index contributed by atoms with van der Waals surface area (Å²) in [6.07, 6.45) is 0. The molecule has 3 rings (SSSR count). The summed E-state index contributed by atoms with van der Waals surface area (Å²) in [6.45, 7) is 2.55. The van der Waals surface area contributed by atoms with E-state index < -0.39 is 0 Å². The van der Waals surface area contributed by atoms with Crippen LogP contribution >= 0.6 is 0 Å². The van der Waals surface area contributed by atoms with Crippen molar-refractivity contribution in [2.45, 2.75) is 0 Å². The van der Waals surface area contributed by atoms with Crippen LogP contribution in [0.2, 0.25) is 0 Å². The molecule has 2 N–H and O–H groups in total. The number of rotatable bonds is 0. The second-order valence-electron chi connectivity index (χ2n) is 5.16. The Kier molecular flexibility index (Phi) is 5.63. The zero-order chi connectivity index (χ0) is 16.6. The van der Waals surface area contributed by atoms with Crippen molar-refractivity contribution < 1.29 is 23.7 Å². The third kappa shape index (κ3) is 4.45. The smallest absolute Gasteiger partial charge is 0.163 e. The van der Waals surface area contributed by atoms with Crippen LogP contribution in [0.5, 0.6) is 23.0 Å². The van der Waals surface area contributed by atoms with Gasteiger partial charge in [-0.15, -0.1) is 0 Å². The molecular formula is C18H21NO5. The molecule has 128 valence electrons. The SMILES string of the molecule is Nc1ccc2c(c1)OCCOCCOc1ccccc1OCCO2. The molecule has 0 spiro atoms. The van der Waals surface area contributed by atoms with Gasteiger partial charge in [-0.1, -0.05) is 12.1 Å². The molecule has 0 bridgehead atoms. The van der Waals surface area contributed by atoms with E-state index in [0.29, 0.717) is 68.3 Å². The Labute approximate surface area is 141 Å². The van der Waals surface area contributed by atoms with E-state index in [2.05, 4.69) is 0 Å². The molecule has 2 aromatic rings. The van der Waals surface area contributed by atoms with Crippen molar-refractivity contribution in [3.05, 3.63) is 42.5 Å². The van der Waals surface area contributed by atoms with E-state index >= 15 is 0 Å². The summed E-state index contributed by atoms with van der Waals surface area (Å²) in [5, 5.41) is 0. The molecule has 1 aliphatic heterocycles. The van der Waals surface area contributed by atoms with Gasteiger partial charge in [0.25, 0.3) is 0 Å². The van der Waals surface area contributed by atoms with Crippen molar-refractivity contribution in [1.29, 1.82) is 0 Å². The summed E-state index contributed by atoms with van der Waals surface area (Å²) in [5.41, 5.74) is 6.43. The molecule has 0 unspecified atom stereocenters. The monoisotopic (exact) mass is 331 g/mol. The zero-order valence-electron chi connectivity index (χ0n) is 13.4. The van der Waals surface area contributed by atoms with Gasteiger partial charge in [0, 0.05) is 11.8 Å². The molecule has 1 heterocycles. The van der Waals surface area contributed by atoms with Gasteiger partial charge in [-0.2, -0.15) is 0 Å². The first-order valence-electron chi connectivity index (χ1n) is 7.90. The maximum atomic E-state index is 5.81. The quantitative estimate of drug-likeness (QED) is 0.748. The Bertz CT molecular complexity index is 662. The molecule has 6 nitrogen and oxygen atoms in total. The summed E-state index contributed by atoms with van der Waals surface area (Å²) in [5.74, 6) is 2.61. The number of benzene rings is 2. The highest BCUT2D eigenvalue weighted by molar-refractivity contribution is 5.52. The van der Waals surface area contributed by atoms with Crippen LogP contribution in [-0.2, 0) is 4.74 Å². The minimum absolute atomic E-state index is 0.380. The van der Waals surface area contributed by atoms with Crippen LogP contribution in [-0.4, -0.2) is 39.6 Å². The maximum absolute atomic E-state index is 5.81. The van der Waals surface area contributed by atoms with Crippen LogP contribution < -0.4 is 24.7 Å². The minimum atomic E-state index is 0.380. The molecule has 0 fully saturated rings. The lowest BCUT2D eigenvalue weighted by Gasteiger charge is -2.14. The van der Waals surface area contributed by atoms with E-state index in [0.717, 1.165) is 0 Å². The molecule has 0 saturated heterocycles. The van der Waals surface area contributed by atoms with Crippen LogP contribution in [0.4, 0.5) is 5.69 Å². The number of nitrogens with two attached hydrogens (primary N) is 1. The number of hydrogen-bond donors (Lipinski definition) is 1. The van der Waals surface area contributed by atoms with Crippen molar-refractivity contribution in [2.24, 2.45) is 0 Å². The number of anilines is 1. The number of nitrogen functional groups attached to an aromatic ring is 1. The van der Waals surface area contributed by atoms with Crippen molar-refractivity contribution in [2.75, 3.05) is 45.4 Å². The average molecular weight is 331 g/mol. The Morgan fingerprint density at radius 1 is 0.583 bits per heavy atom. The fraction of sp³-hybridized carbons (Fsp3) is 0.333. The van der Waals surface area contributed by atoms with Crippen molar-refractivity contribution in [3.8, 4) is 23.0 Å². The first-order chi connectivity index (χ1) is 11.8. The van der Waals surface area contributed by atoms with E-state index in [-0.39, 0.29) is 0 Å². The van der Waals surface area contributed by atoms with E-state index in [1.807, 2.05) is 24.3 Å². The Morgan fingerprint density at radius 3 is 1.71 bits per heavy atom. The summed E-state index contributed by atoms with van der Waals surface area (Å²) in [7, 11) is 0. The summed E-state index contributed by atoms with van der Waals surface area (Å²) >= 11 is 0. The highest BCUT2D eigenvalue weighted by Crippen LogP contribution is 2.30. The predicted molar refractivity (Wildman–Crippen MR) is 90.1 cm³/mol. The largest absolute Gasteiger partial charge is 0.487 e. The highest BCUT2D eigenvalue weighted by Gasteiger charge is 2.08. The predicted octanol–water partition coefficient (Wildman–Crippen LogP) is 2.51. The second kappa shape index (κ2) is 8.31. The molecule has 0 aliphatic carbocycles. The van der Waals surface area contributed by atoms with Gasteiger partial charge in [0.1, 0.15) is 26.4 Å². The number of fused-ring (bicyclic) bond motifs is 2. The molecule has 1 aliphatic rings. The summed E-state index contributed by atoms with van der Waals surface area (Å²) in [4.78, 5) is 0. The third-order valence-electron chi connectivity index (χ3n) is 3.39. The van der Waals surface area contributed by atoms with Gasteiger partial charge in [-0.3, -0.25) is 0 Å². The highest BCUT2D eigenvalue weighted by atomic mass is 16.6. The van der Waals surface area contributed by atoms with Gasteiger partial charge < -0.3 is 29.4 Å². The van der Waals surface area contributed by atoms with Crippen molar-refractivity contribution >= 4 is 5.69 Å². The Morgan fingerprint density at radius 2 is 1.08 bits per heavy atom. The second-order valence-corrected chi connectivity index (χ2v) is 5.16. The van der Waals surface area contributed by atoms with Gasteiger partial charge in [0.05, 0.1) is 13.2 Å². The lowest BCUT2D eigenvalue weighted by atomic mass is 10.3. The molecular weight excluding hydrogens is 310 g/mol. The molecule has 0 saturated carbocycles. The first kappa shape index (κ1) is 16.3. The molecule has 0 aromatic heterocycles. The lowest BCUT2D eigenvalue weighted by molar-refractivity contribution is 0.0754. The Hall–Kier alpha value is -2.60. The average Bonchev–Trinajstić information content (AvgIpc) is 2.60. The number of ether oxygens (including phenoxy) is 5. The van der Waals surface area contributed by atoms with Gasteiger partial charge in [-0.25, -0.2) is 0 Å². The number of para-hydroxylation sites is 2. The molecule has 6 heteroatoms. The van der Waals surface area contributed by atoms with E-state index in [1.165, 1.54) is 0 Å². The van der Waals surface area contributed by atoms with Crippen molar-refractivity contribution in [1.82, 2.24) is 0 Å². The van der Waals surface area contributed by atoms with Crippen LogP contribution in [0.3, 0.4) is 0 Å². The molecule has 0 amide bonds. The fourth-order valence-corrected chi connectivity index (χ4v) is 2.27. The van der Waals surface area contributed by atoms with Crippen LogP contribution in [0.15, 0.2) is 42.5 Å². The van der Waals surface area contributed by atoms with Gasteiger partial charge >= 0.3 is 0 Å². The molecule has 24 heavy (non-hydrogen) atoms. The molecule has 0 radical (unpaired) electrons. The van der Waals surface area contributed by atoms with Crippen LogP contribution in [0.25, 0.3) is 0 Å². The zero-order valence-corrected chi connectivity index (χ0v) is 13.4. The van der Waals surface area contributed by atoms with Crippen LogP contribution in [0.1, 0.15) is 0 Å². The van der Waals surface area contributed by atoms with Gasteiger partial charge in [-0.05, 0) is 24.3 Å². The van der Waals surface area contributed by atoms with E-state index in [4.69, 9.17) is 29.4 Å². The molecule has 2 aromatic carbocycles. The Balaban J connectivity index is 1.70. The fourth-order valence-electron chi connectivity index (χ4n) is 2.27. The van der Waals surface area contributed by atoms with Gasteiger partial charge in [0.15, 0.2) is 23.0 Å². The van der Waals surface area contributed by atoms with Gasteiger partial charge in [0.2, 0.25) is 0 Å². The first-order valence-corrected chi connectivity index (χ1v) is 7.90. The topological polar surface area (TPSA) is 72.2 Å². The maximum Gasteiger partial charge on any atom is 0.163 e. The van der Waals surface area contributed by atoms with Crippen LogP contribution in [0, 0.1) is 0 Å². The lowest BCUT2D eigenvalue weighted by Crippen LogP contribution is -2.12.